The van der Waals surface area contributed by atoms with Gasteiger partial charge in [-0.3, -0.25) is 6.08 Å². The standard InChI is InChI=1S/C5H5.C3H8O.2ClH.V/c1-2-4-5-3-1;1-3(2)4;;;/h1-3H,4H2;3-4H,1-2H3;2*1H;/q-1;;;;. The maximum Gasteiger partial charge on any atom is 0.0483 e. The van der Waals surface area contributed by atoms with Gasteiger partial charge in [0.05, 0.1) is 0 Å². The number of rotatable bonds is 0. The molecule has 73 valence electrons. The Balaban J connectivity index is -0.0000000436. The van der Waals surface area contributed by atoms with Gasteiger partial charge < -0.3 is 5.11 Å². The third-order valence-corrected chi connectivity index (χ3v) is 0.586. The van der Waals surface area contributed by atoms with Gasteiger partial charge in [-0.15, -0.1) is 31.2 Å². The second-order valence-electron chi connectivity index (χ2n) is 2.10. The minimum absolute atomic E-state index is 0. The van der Waals surface area contributed by atoms with Gasteiger partial charge in [0.1, 0.15) is 0 Å². The summed E-state index contributed by atoms with van der Waals surface area (Å²) in [4.78, 5) is 0. The van der Waals surface area contributed by atoms with Crippen molar-refractivity contribution in [3.8, 4) is 0 Å². The molecule has 1 radical (unpaired) electrons. The molecule has 0 saturated heterocycles. The summed E-state index contributed by atoms with van der Waals surface area (Å²) in [5.74, 6) is 0. The molecule has 0 saturated carbocycles. The Bertz CT molecular complexity index is 101. The van der Waals surface area contributed by atoms with Crippen molar-refractivity contribution in [1.82, 2.24) is 0 Å². The van der Waals surface area contributed by atoms with Crippen LogP contribution in [0.4, 0.5) is 0 Å². The van der Waals surface area contributed by atoms with Crippen LogP contribution in [0.3, 0.4) is 0 Å². The molecule has 0 fully saturated rings. The topological polar surface area (TPSA) is 20.2 Å². The van der Waals surface area contributed by atoms with Crippen molar-refractivity contribution in [2.75, 3.05) is 0 Å². The van der Waals surface area contributed by atoms with E-state index in [4.69, 9.17) is 5.11 Å². The summed E-state index contributed by atoms with van der Waals surface area (Å²) < 4.78 is 0. The van der Waals surface area contributed by atoms with Crippen molar-refractivity contribution >= 4 is 24.8 Å². The average Bonchev–Trinajstić information content (AvgIpc) is 2.11. The van der Waals surface area contributed by atoms with Crippen LogP contribution in [0.1, 0.15) is 20.3 Å². The number of halogens is 2. The molecule has 4 heteroatoms. The van der Waals surface area contributed by atoms with E-state index in [9.17, 15) is 0 Å². The molecule has 0 heterocycles. The minimum atomic E-state index is -0.167. The predicted octanol–water partition coefficient (Wildman–Crippen LogP) is 2.53. The normalized spacial score (nSPS) is 10.3. The first kappa shape index (κ1) is 22.9. The smallest absolute Gasteiger partial charge is 0.0483 e. The fraction of sp³-hybridized carbons (Fsp3) is 0.500. The SMILES string of the molecule is CC(C)O.Cl.Cl.[C-]1=CC=CC1.[V]. The zero-order valence-corrected chi connectivity index (χ0v) is 10.3. The van der Waals surface area contributed by atoms with Gasteiger partial charge >= 0.3 is 0 Å². The Labute approximate surface area is 99.0 Å². The third kappa shape index (κ3) is 31.1. The number of hydrogen-bond donors (Lipinski definition) is 1. The quantitative estimate of drug-likeness (QED) is 0.654. The first-order valence-electron chi connectivity index (χ1n) is 3.13. The molecule has 0 aliphatic heterocycles. The molecule has 1 aliphatic carbocycles. The maximum atomic E-state index is 8.06. The van der Waals surface area contributed by atoms with Crippen molar-refractivity contribution in [3.63, 3.8) is 0 Å². The van der Waals surface area contributed by atoms with Gasteiger partial charge in [-0.05, 0) is 13.8 Å². The van der Waals surface area contributed by atoms with Gasteiger partial charge in [-0.1, -0.05) is 0 Å². The molecular weight excluding hydrogens is 234 g/mol. The van der Waals surface area contributed by atoms with Crippen molar-refractivity contribution < 1.29 is 23.7 Å². The van der Waals surface area contributed by atoms with E-state index in [2.05, 4.69) is 12.2 Å². The van der Waals surface area contributed by atoms with Crippen molar-refractivity contribution in [2.45, 2.75) is 26.4 Å². The van der Waals surface area contributed by atoms with E-state index < -0.39 is 0 Å². The second kappa shape index (κ2) is 17.6. The Kier molecular flexibility index (Phi) is 33.7. The monoisotopic (exact) mass is 248 g/mol. The first-order chi connectivity index (χ1) is 4.23. The molecule has 1 N–H and O–H groups in total. The van der Waals surface area contributed by atoms with Crippen LogP contribution in [0.2, 0.25) is 0 Å². The maximum absolute atomic E-state index is 8.06. The molecule has 0 spiro atoms. The molecule has 0 unspecified atom stereocenters. The summed E-state index contributed by atoms with van der Waals surface area (Å²) >= 11 is 0. The van der Waals surface area contributed by atoms with E-state index in [1.165, 1.54) is 0 Å². The Morgan fingerprint density at radius 3 is 1.83 bits per heavy atom. The Morgan fingerprint density at radius 2 is 1.75 bits per heavy atom. The van der Waals surface area contributed by atoms with Crippen LogP contribution in [-0.2, 0) is 18.6 Å². The molecule has 0 aromatic heterocycles. The summed E-state index contributed by atoms with van der Waals surface area (Å²) in [7, 11) is 0. The number of hydrogen-bond acceptors (Lipinski definition) is 1. The van der Waals surface area contributed by atoms with Crippen LogP contribution in [-0.4, -0.2) is 11.2 Å². The molecular formula is C8H15Cl2OV-. The first-order valence-corrected chi connectivity index (χ1v) is 3.13. The second-order valence-corrected chi connectivity index (χ2v) is 2.10. The minimum Gasteiger partial charge on any atom is -0.394 e. The molecule has 1 aliphatic rings. The van der Waals surface area contributed by atoms with Crippen LogP contribution >= 0.6 is 24.8 Å². The summed E-state index contributed by atoms with van der Waals surface area (Å²) in [6, 6.07) is 0. The van der Waals surface area contributed by atoms with Gasteiger partial charge in [0.25, 0.3) is 0 Å². The summed E-state index contributed by atoms with van der Waals surface area (Å²) in [5, 5.41) is 8.06. The van der Waals surface area contributed by atoms with Gasteiger partial charge in [0.2, 0.25) is 0 Å². The van der Waals surface area contributed by atoms with Crippen molar-refractivity contribution in [3.05, 3.63) is 24.3 Å². The van der Waals surface area contributed by atoms with Crippen LogP contribution in [0.5, 0.6) is 0 Å². The van der Waals surface area contributed by atoms with Gasteiger partial charge in [0.15, 0.2) is 0 Å². The Hall–Kier alpha value is 0.604. The molecule has 0 aromatic rings. The van der Waals surface area contributed by atoms with E-state index in [0.717, 1.165) is 6.42 Å². The van der Waals surface area contributed by atoms with Crippen molar-refractivity contribution in [2.24, 2.45) is 0 Å². The summed E-state index contributed by atoms with van der Waals surface area (Å²) in [6.45, 7) is 3.44. The third-order valence-electron chi connectivity index (χ3n) is 0.586. The van der Waals surface area contributed by atoms with E-state index in [0.29, 0.717) is 0 Å². The fourth-order valence-corrected chi connectivity index (χ4v) is 0.340. The van der Waals surface area contributed by atoms with Gasteiger partial charge in [-0.25, -0.2) is 12.2 Å². The van der Waals surface area contributed by atoms with Crippen LogP contribution < -0.4 is 0 Å². The summed E-state index contributed by atoms with van der Waals surface area (Å²) in [6.07, 6.45) is 9.83. The van der Waals surface area contributed by atoms with Crippen LogP contribution in [0.15, 0.2) is 18.2 Å². The number of aliphatic hydroxyl groups is 1. The number of aliphatic hydroxyl groups excluding tert-OH is 1. The molecule has 0 atom stereocenters. The van der Waals surface area contributed by atoms with E-state index >= 15 is 0 Å². The zero-order chi connectivity index (χ0) is 7.11. The zero-order valence-electron chi connectivity index (χ0n) is 7.23. The average molecular weight is 249 g/mol. The van der Waals surface area contributed by atoms with E-state index in [-0.39, 0.29) is 49.5 Å². The fourth-order valence-electron chi connectivity index (χ4n) is 0.340. The van der Waals surface area contributed by atoms with Gasteiger partial charge in [-0.2, -0.15) is 6.08 Å². The Morgan fingerprint density at radius 1 is 1.33 bits per heavy atom. The van der Waals surface area contributed by atoms with Crippen LogP contribution in [0.25, 0.3) is 0 Å². The van der Waals surface area contributed by atoms with E-state index in [1.54, 1.807) is 13.8 Å². The molecule has 1 nitrogen and oxygen atoms in total. The molecule has 0 bridgehead atoms. The van der Waals surface area contributed by atoms with Crippen molar-refractivity contribution in [1.29, 1.82) is 0 Å². The van der Waals surface area contributed by atoms with E-state index in [1.807, 2.05) is 12.2 Å². The number of allylic oxidation sites excluding steroid dienone is 4. The molecule has 12 heavy (non-hydrogen) atoms. The molecule has 1 rings (SSSR count). The van der Waals surface area contributed by atoms with Crippen LogP contribution in [0, 0.1) is 6.08 Å². The van der Waals surface area contributed by atoms with Gasteiger partial charge in [0, 0.05) is 24.7 Å². The predicted molar refractivity (Wildman–Crippen MR) is 53.4 cm³/mol. The summed E-state index contributed by atoms with van der Waals surface area (Å²) in [5.41, 5.74) is 0. The molecule has 0 aromatic carbocycles. The molecule has 0 amide bonds. The largest absolute Gasteiger partial charge is 0.394 e.